The normalized spacial score (nSPS) is 14.9. The Morgan fingerprint density at radius 1 is 1.19 bits per heavy atom. The molecule has 0 bridgehead atoms. The molecule has 1 amide bonds. The highest BCUT2D eigenvalue weighted by Crippen LogP contribution is 2.21. The molecule has 176 valence electrons. The van der Waals surface area contributed by atoms with Crippen LogP contribution in [0.25, 0.3) is 0 Å². The first-order valence-corrected chi connectivity index (χ1v) is 11.0. The van der Waals surface area contributed by atoms with Crippen LogP contribution in [-0.4, -0.2) is 80.1 Å². The Bertz CT molecular complexity index is 854. The Balaban J connectivity index is 0.000000592. The number of halogens is 3. The van der Waals surface area contributed by atoms with Gasteiger partial charge in [0.25, 0.3) is 0 Å². The maximum Gasteiger partial charge on any atom is 0.490 e. The van der Waals surface area contributed by atoms with Crippen molar-refractivity contribution in [2.24, 2.45) is 5.92 Å². The summed E-state index contributed by atoms with van der Waals surface area (Å²) in [4.78, 5) is 23.5. The number of carboxylic acids is 1. The number of alkyl halides is 3. The van der Waals surface area contributed by atoms with Crippen LogP contribution in [0.15, 0.2) is 29.2 Å². The molecule has 0 atom stereocenters. The minimum Gasteiger partial charge on any atom is -0.475 e. The van der Waals surface area contributed by atoms with Crippen LogP contribution in [0.1, 0.15) is 19.4 Å². The minimum atomic E-state index is -5.08. The molecule has 8 nitrogen and oxygen atoms in total. The summed E-state index contributed by atoms with van der Waals surface area (Å²) in [5, 5.41) is 10.3. The zero-order chi connectivity index (χ0) is 23.8. The van der Waals surface area contributed by atoms with E-state index in [9.17, 15) is 26.4 Å². The Morgan fingerprint density at radius 2 is 1.71 bits per heavy atom. The summed E-state index contributed by atoms with van der Waals surface area (Å²) in [5.74, 6) is -2.75. The second-order valence-corrected chi connectivity index (χ2v) is 9.30. The molecule has 31 heavy (non-hydrogen) atoms. The number of benzene rings is 1. The molecule has 1 saturated heterocycles. The highest BCUT2D eigenvalue weighted by molar-refractivity contribution is 7.89. The molecule has 0 saturated carbocycles. The van der Waals surface area contributed by atoms with Crippen LogP contribution in [0, 0.1) is 12.8 Å². The maximum atomic E-state index is 13.0. The third-order valence-electron chi connectivity index (χ3n) is 4.30. The van der Waals surface area contributed by atoms with Gasteiger partial charge in [-0.15, -0.1) is 0 Å². The van der Waals surface area contributed by atoms with Crippen molar-refractivity contribution in [3.05, 3.63) is 29.8 Å². The lowest BCUT2D eigenvalue weighted by Crippen LogP contribution is -2.50. The number of nitrogens with zero attached hydrogens (tertiary/aromatic N) is 2. The van der Waals surface area contributed by atoms with E-state index in [1.54, 1.807) is 30.0 Å². The molecule has 0 spiro atoms. The smallest absolute Gasteiger partial charge is 0.475 e. The maximum absolute atomic E-state index is 13.0. The number of piperazine rings is 1. The molecule has 0 aromatic heterocycles. The zero-order valence-corrected chi connectivity index (χ0v) is 18.5. The van der Waals surface area contributed by atoms with E-state index in [4.69, 9.17) is 9.90 Å². The van der Waals surface area contributed by atoms with Crippen molar-refractivity contribution in [2.45, 2.75) is 31.8 Å². The Hall–Kier alpha value is -2.18. The van der Waals surface area contributed by atoms with E-state index in [2.05, 4.69) is 5.32 Å². The van der Waals surface area contributed by atoms with Gasteiger partial charge in [0.15, 0.2) is 0 Å². The second kappa shape index (κ2) is 11.4. The van der Waals surface area contributed by atoms with Crippen LogP contribution in [0.5, 0.6) is 0 Å². The summed E-state index contributed by atoms with van der Waals surface area (Å²) >= 11 is 0. The number of hydrogen-bond acceptors (Lipinski definition) is 5. The number of carboxylic acid groups (broad SMARTS) is 1. The van der Waals surface area contributed by atoms with Crippen molar-refractivity contribution in [2.75, 3.05) is 39.3 Å². The van der Waals surface area contributed by atoms with E-state index >= 15 is 0 Å². The molecule has 1 heterocycles. The van der Waals surface area contributed by atoms with Crippen molar-refractivity contribution < 1.29 is 36.3 Å². The quantitative estimate of drug-likeness (QED) is 0.660. The number of carbonyl (C=O) groups is 2. The van der Waals surface area contributed by atoms with E-state index in [1.165, 1.54) is 4.31 Å². The first-order chi connectivity index (χ1) is 14.3. The molecule has 2 rings (SSSR count). The summed E-state index contributed by atoms with van der Waals surface area (Å²) in [5.41, 5.74) is 0.695. The molecule has 1 aromatic rings. The van der Waals surface area contributed by atoms with E-state index in [0.717, 1.165) is 13.1 Å². The zero-order valence-electron chi connectivity index (χ0n) is 17.6. The first kappa shape index (κ1) is 26.9. The van der Waals surface area contributed by atoms with Crippen LogP contribution in [0.2, 0.25) is 0 Å². The monoisotopic (exact) mass is 467 g/mol. The van der Waals surface area contributed by atoms with Crippen molar-refractivity contribution in [1.29, 1.82) is 0 Å². The molecule has 1 fully saturated rings. The van der Waals surface area contributed by atoms with Gasteiger partial charge in [-0.2, -0.15) is 17.5 Å². The fraction of sp³-hybridized carbons (Fsp3) is 0.579. The van der Waals surface area contributed by atoms with Gasteiger partial charge in [-0.05, 0) is 24.5 Å². The molecule has 0 unspecified atom stereocenters. The summed E-state index contributed by atoms with van der Waals surface area (Å²) in [7, 11) is -3.69. The topological polar surface area (TPSA) is 107 Å². The van der Waals surface area contributed by atoms with Crippen LogP contribution in [-0.2, 0) is 19.6 Å². The summed E-state index contributed by atoms with van der Waals surface area (Å²) < 4.78 is 59.2. The van der Waals surface area contributed by atoms with Gasteiger partial charge in [-0.3, -0.25) is 4.79 Å². The minimum absolute atomic E-state index is 0.102. The number of nitrogens with one attached hydrogen (secondary N) is 1. The number of sulfonamides is 1. The largest absolute Gasteiger partial charge is 0.490 e. The van der Waals surface area contributed by atoms with Gasteiger partial charge in [0.1, 0.15) is 0 Å². The molecule has 12 heteroatoms. The van der Waals surface area contributed by atoms with Crippen LogP contribution in [0.3, 0.4) is 0 Å². The standard InChI is InChI=1S/C17H27N3O3S.C2HF3O2/c1-14(2)12-20(13-17(21)19-10-8-18-9-11-19)24(22,23)16-7-5-4-6-15(16)3;3-2(4,5)1(6)7/h4-7,14,18H,8-13H2,1-3H3;(H,6,7). The second-order valence-electron chi connectivity index (χ2n) is 7.39. The van der Waals surface area contributed by atoms with Gasteiger partial charge >= 0.3 is 12.1 Å². The van der Waals surface area contributed by atoms with Crippen molar-refractivity contribution >= 4 is 21.9 Å². The average molecular weight is 468 g/mol. The van der Waals surface area contributed by atoms with Crippen molar-refractivity contribution in [1.82, 2.24) is 14.5 Å². The molecular weight excluding hydrogens is 439 g/mol. The van der Waals surface area contributed by atoms with Gasteiger partial charge in [-0.1, -0.05) is 32.0 Å². The first-order valence-electron chi connectivity index (χ1n) is 9.61. The lowest BCUT2D eigenvalue weighted by atomic mass is 10.2. The summed E-state index contributed by atoms with van der Waals surface area (Å²) in [6.45, 7) is 8.66. The molecule has 0 radical (unpaired) electrons. The van der Waals surface area contributed by atoms with E-state index in [1.807, 2.05) is 19.9 Å². The van der Waals surface area contributed by atoms with Crippen LogP contribution < -0.4 is 5.32 Å². The van der Waals surface area contributed by atoms with E-state index in [-0.39, 0.29) is 23.3 Å². The molecule has 1 aliphatic heterocycles. The molecule has 0 aliphatic carbocycles. The SMILES string of the molecule is Cc1ccccc1S(=O)(=O)N(CC(=O)N1CCNCC1)CC(C)C.O=C(O)C(F)(F)F. The molecule has 2 N–H and O–H groups in total. The highest BCUT2D eigenvalue weighted by Gasteiger charge is 2.38. The van der Waals surface area contributed by atoms with E-state index in [0.29, 0.717) is 25.2 Å². The summed E-state index contributed by atoms with van der Waals surface area (Å²) in [6, 6.07) is 6.91. The number of aryl methyl sites for hydroxylation is 1. The van der Waals surface area contributed by atoms with Crippen molar-refractivity contribution in [3.63, 3.8) is 0 Å². The molecule has 1 aromatic carbocycles. The average Bonchev–Trinajstić information content (AvgIpc) is 2.67. The number of carbonyl (C=O) groups excluding carboxylic acids is 1. The van der Waals surface area contributed by atoms with E-state index < -0.39 is 22.2 Å². The lowest BCUT2D eigenvalue weighted by Gasteiger charge is -2.31. The fourth-order valence-corrected chi connectivity index (χ4v) is 4.58. The molecule has 1 aliphatic rings. The van der Waals surface area contributed by atoms with Crippen molar-refractivity contribution in [3.8, 4) is 0 Å². The number of rotatable bonds is 6. The number of hydrogen-bond donors (Lipinski definition) is 2. The lowest BCUT2D eigenvalue weighted by molar-refractivity contribution is -0.192. The Kier molecular flexibility index (Phi) is 9.91. The molecular formula is C19H28F3N3O5S. The van der Waals surface area contributed by atoms with Crippen LogP contribution >= 0.6 is 0 Å². The van der Waals surface area contributed by atoms with Crippen LogP contribution in [0.4, 0.5) is 13.2 Å². The summed E-state index contributed by atoms with van der Waals surface area (Å²) in [6.07, 6.45) is -5.08. The third-order valence-corrected chi connectivity index (χ3v) is 6.28. The number of aliphatic carboxylic acids is 1. The Labute approximate surface area is 180 Å². The van der Waals surface area contributed by atoms with Gasteiger partial charge in [0.2, 0.25) is 15.9 Å². The predicted molar refractivity (Wildman–Crippen MR) is 108 cm³/mol. The van der Waals surface area contributed by atoms with Gasteiger partial charge in [0.05, 0.1) is 11.4 Å². The Morgan fingerprint density at radius 3 is 2.16 bits per heavy atom. The highest BCUT2D eigenvalue weighted by atomic mass is 32.2. The van der Waals surface area contributed by atoms with Gasteiger partial charge < -0.3 is 15.3 Å². The third kappa shape index (κ3) is 8.46. The fourth-order valence-electron chi connectivity index (χ4n) is 2.80. The predicted octanol–water partition coefficient (Wildman–Crippen LogP) is 1.71. The van der Waals surface area contributed by atoms with Gasteiger partial charge in [-0.25, -0.2) is 13.2 Å². The van der Waals surface area contributed by atoms with Gasteiger partial charge in [0, 0.05) is 32.7 Å². The number of amides is 1.